The Kier molecular flexibility index (Phi) is 10.4. The highest BCUT2D eigenvalue weighted by molar-refractivity contribution is 7.23. The van der Waals surface area contributed by atoms with Gasteiger partial charge in [-0.1, -0.05) is 63.6 Å². The summed E-state index contributed by atoms with van der Waals surface area (Å²) in [5, 5.41) is 0. The molecule has 0 spiro atoms. The van der Waals surface area contributed by atoms with Crippen LogP contribution in [0.2, 0.25) is 0 Å². The van der Waals surface area contributed by atoms with E-state index in [1.54, 1.807) is 43.0 Å². The van der Waals surface area contributed by atoms with Crippen molar-refractivity contribution in [3.8, 4) is 11.5 Å². The van der Waals surface area contributed by atoms with Gasteiger partial charge in [0.05, 0.1) is 26.9 Å². The van der Waals surface area contributed by atoms with Crippen molar-refractivity contribution >= 4 is 26.6 Å². The van der Waals surface area contributed by atoms with Crippen molar-refractivity contribution in [3.05, 3.63) is 118 Å². The third-order valence-corrected chi connectivity index (χ3v) is 9.06. The summed E-state index contributed by atoms with van der Waals surface area (Å²) in [6, 6.07) is 25.4. The lowest BCUT2D eigenvalue weighted by Crippen LogP contribution is -2.38. The average Bonchev–Trinajstić information content (AvgIpc) is 3.74. The van der Waals surface area contributed by atoms with Gasteiger partial charge in [0, 0.05) is 32.9 Å². The highest BCUT2D eigenvalue weighted by atomic mass is 31.1. The molecule has 1 aliphatic rings. The van der Waals surface area contributed by atoms with Gasteiger partial charge < -0.3 is 33.3 Å². The van der Waals surface area contributed by atoms with Crippen molar-refractivity contribution in [1.29, 1.82) is 0 Å². The molecule has 0 N–H and O–H groups in total. The summed E-state index contributed by atoms with van der Waals surface area (Å²) >= 11 is 0. The molecule has 6 rings (SSSR count). The first-order chi connectivity index (χ1) is 23.8. The fourth-order valence-corrected chi connectivity index (χ4v) is 6.29. The summed E-state index contributed by atoms with van der Waals surface area (Å²) in [6.07, 6.45) is 1.75. The average molecular weight is 686 g/mol. The van der Waals surface area contributed by atoms with Gasteiger partial charge in [0.1, 0.15) is 35.3 Å². The lowest BCUT2D eigenvalue weighted by atomic mass is 9.80. The molecule has 1 unspecified atom stereocenters. The second kappa shape index (κ2) is 14.9. The fourth-order valence-electron chi connectivity index (χ4n) is 5.92. The Bertz CT molecular complexity index is 1900. The molecule has 0 saturated carbocycles. The summed E-state index contributed by atoms with van der Waals surface area (Å²) in [5.41, 5.74) is 0.986. The van der Waals surface area contributed by atoms with E-state index in [1.165, 1.54) is 4.40 Å². The van der Waals surface area contributed by atoms with E-state index < -0.39 is 38.8 Å². The number of imidazole rings is 1. The van der Waals surface area contributed by atoms with Crippen LogP contribution < -0.4 is 20.1 Å². The molecule has 1 saturated heterocycles. The van der Waals surface area contributed by atoms with Crippen LogP contribution in [0, 0.1) is 0 Å². The maximum Gasteiger partial charge on any atom is 0.357 e. The van der Waals surface area contributed by atoms with Crippen molar-refractivity contribution in [2.24, 2.45) is 4.99 Å². The van der Waals surface area contributed by atoms with Crippen LogP contribution in [0.5, 0.6) is 11.5 Å². The standard InChI is InChI=1S/C35H38N6O7P/c1-23(39(2)3)36-32-37-33-40(19-20-41(33)34(42)38-32)31-21-29(48-49-43)30(47-31)22-46-35(24-9-7-6-8-10-24,25-11-15-27(44-4)16-12-25)26-13-17-28(45-5)18-14-26/h6-20,29-31,49H,21-22H2,1-5H3/q-1/t29-,30+,31+/m0/s1. The van der Waals surface area contributed by atoms with Crippen LogP contribution in [0.25, 0.3) is 5.78 Å². The molecule has 0 radical (unpaired) electrons. The predicted molar refractivity (Wildman–Crippen MR) is 184 cm³/mol. The van der Waals surface area contributed by atoms with E-state index in [1.807, 2.05) is 93.0 Å². The van der Waals surface area contributed by atoms with Gasteiger partial charge in [-0.15, -0.1) is 0 Å². The molecule has 49 heavy (non-hydrogen) atoms. The zero-order chi connectivity index (χ0) is 34.5. The lowest BCUT2D eigenvalue weighted by Gasteiger charge is -2.37. The molecular weight excluding hydrogens is 647 g/mol. The van der Waals surface area contributed by atoms with Crippen molar-refractivity contribution < 1.29 is 28.4 Å². The smallest absolute Gasteiger partial charge is 0.357 e. The van der Waals surface area contributed by atoms with Crippen LogP contribution in [-0.4, -0.2) is 76.8 Å². The number of fused-ring (bicyclic) bond motifs is 1. The van der Waals surface area contributed by atoms with E-state index in [2.05, 4.69) is 15.0 Å². The maximum atomic E-state index is 12.9. The number of benzene rings is 3. The summed E-state index contributed by atoms with van der Waals surface area (Å²) in [6.45, 7) is 1.86. The van der Waals surface area contributed by atoms with Crippen molar-refractivity contribution in [3.63, 3.8) is 0 Å². The van der Waals surface area contributed by atoms with E-state index in [0.29, 0.717) is 29.5 Å². The van der Waals surface area contributed by atoms with Gasteiger partial charge in [-0.2, -0.15) is 15.0 Å². The molecule has 1 aliphatic heterocycles. The minimum atomic E-state index is -1.09. The number of hydrogen-bond donors (Lipinski definition) is 0. The van der Waals surface area contributed by atoms with Gasteiger partial charge in [-0.05, 0) is 47.9 Å². The molecule has 0 amide bonds. The molecule has 3 aromatic carbocycles. The summed E-state index contributed by atoms with van der Waals surface area (Å²) in [7, 11) is 5.92. The van der Waals surface area contributed by atoms with Crippen LogP contribution in [0.15, 0.2) is 101 Å². The normalized spacial score (nSPS) is 18.4. The Labute approximate surface area is 285 Å². The number of amidine groups is 1. The van der Waals surface area contributed by atoms with Crippen molar-refractivity contribution in [1.82, 2.24) is 23.8 Å². The Hall–Kier alpha value is -4.65. The van der Waals surface area contributed by atoms with Crippen LogP contribution >= 0.6 is 9.03 Å². The molecule has 4 atom stereocenters. The Morgan fingerprint density at radius 3 is 2.14 bits per heavy atom. The molecule has 1 fully saturated rings. The van der Waals surface area contributed by atoms with Gasteiger partial charge in [0.25, 0.3) is 5.95 Å². The molecule has 0 aliphatic carbocycles. The van der Waals surface area contributed by atoms with E-state index in [4.69, 9.17) is 23.5 Å². The first kappa shape index (κ1) is 34.2. The number of nitrogens with zero attached hydrogens (tertiary/aromatic N) is 6. The SMILES string of the molecule is COc1ccc(C(OC[C@H]2O[C@@H](n3ccn4c(=O)nc(N=C(C)N(C)C)nc34)C[C@@H]2OP[O-])(c2ccccc2)c2ccc(OC)cc2)cc1. The lowest BCUT2D eigenvalue weighted by molar-refractivity contribution is -0.176. The Morgan fingerprint density at radius 2 is 1.57 bits per heavy atom. The monoisotopic (exact) mass is 685 g/mol. The number of methoxy groups -OCH3 is 2. The largest absolute Gasteiger partial charge is 0.810 e. The third-order valence-electron chi connectivity index (χ3n) is 8.66. The van der Waals surface area contributed by atoms with E-state index in [0.717, 1.165) is 16.7 Å². The first-order valence-corrected chi connectivity index (χ1v) is 16.5. The first-order valence-electron chi connectivity index (χ1n) is 15.6. The van der Waals surface area contributed by atoms with Crippen LogP contribution in [0.4, 0.5) is 5.95 Å². The molecular formula is C35H38N6O7P-. The number of aliphatic imine (C=N–C) groups is 1. The molecule has 5 aromatic rings. The quantitative estimate of drug-likeness (QED) is 0.0818. The van der Waals surface area contributed by atoms with Gasteiger partial charge in [0.2, 0.25) is 5.78 Å². The summed E-state index contributed by atoms with van der Waals surface area (Å²) in [5.74, 6) is 2.39. The minimum Gasteiger partial charge on any atom is -0.810 e. The minimum absolute atomic E-state index is 0.0366. The number of hydrogen-bond acceptors (Lipinski definition) is 10. The summed E-state index contributed by atoms with van der Waals surface area (Å²) < 4.78 is 33.3. The van der Waals surface area contributed by atoms with Crippen molar-refractivity contribution in [2.45, 2.75) is 37.4 Å². The Balaban J connectivity index is 1.38. The predicted octanol–water partition coefficient (Wildman–Crippen LogP) is 4.07. The molecule has 14 heteroatoms. The molecule has 256 valence electrons. The highest BCUT2D eigenvalue weighted by Gasteiger charge is 2.43. The molecule has 13 nitrogen and oxygen atoms in total. The molecule has 0 bridgehead atoms. The van der Waals surface area contributed by atoms with Gasteiger partial charge in [-0.3, -0.25) is 4.57 Å². The molecule has 3 heterocycles. The Morgan fingerprint density at radius 1 is 0.959 bits per heavy atom. The van der Waals surface area contributed by atoms with Crippen LogP contribution in [0.3, 0.4) is 0 Å². The zero-order valence-corrected chi connectivity index (χ0v) is 28.8. The number of aromatic nitrogens is 4. The van der Waals surface area contributed by atoms with Crippen LogP contribution in [-0.2, 0) is 19.6 Å². The highest BCUT2D eigenvalue weighted by Crippen LogP contribution is 2.43. The van der Waals surface area contributed by atoms with Gasteiger partial charge in [-0.25, -0.2) is 9.20 Å². The van der Waals surface area contributed by atoms with E-state index in [9.17, 15) is 9.69 Å². The topological polar surface area (TPSA) is 137 Å². The maximum absolute atomic E-state index is 12.9. The van der Waals surface area contributed by atoms with Crippen molar-refractivity contribution in [2.75, 3.05) is 34.9 Å². The van der Waals surface area contributed by atoms with Gasteiger partial charge in [0.15, 0.2) is 0 Å². The zero-order valence-electron chi connectivity index (χ0n) is 27.8. The van der Waals surface area contributed by atoms with E-state index >= 15 is 0 Å². The summed E-state index contributed by atoms with van der Waals surface area (Å²) in [4.78, 5) is 39.5. The van der Waals surface area contributed by atoms with E-state index in [-0.39, 0.29) is 12.6 Å². The van der Waals surface area contributed by atoms with Gasteiger partial charge >= 0.3 is 5.69 Å². The van der Waals surface area contributed by atoms with Crippen LogP contribution in [0.1, 0.15) is 36.3 Å². The third kappa shape index (κ3) is 6.94. The number of ether oxygens (including phenoxy) is 4. The number of rotatable bonds is 12. The fraction of sp³-hybridized carbons (Fsp3) is 0.314. The second-order valence-electron chi connectivity index (χ2n) is 11.7. The molecule has 2 aromatic heterocycles. The second-order valence-corrected chi connectivity index (χ2v) is 12.1.